The Morgan fingerprint density at radius 2 is 1.73 bits per heavy atom. The van der Waals surface area contributed by atoms with Crippen molar-refractivity contribution in [3.63, 3.8) is 0 Å². The predicted octanol–water partition coefficient (Wildman–Crippen LogP) is 7.45. The predicted molar refractivity (Wildman–Crippen MR) is 131 cm³/mol. The zero-order chi connectivity index (χ0) is 20.9. The van der Waals surface area contributed by atoms with Gasteiger partial charge in [-0.25, -0.2) is 0 Å². The van der Waals surface area contributed by atoms with Gasteiger partial charge < -0.3 is 0 Å². The Kier molecular flexibility index (Phi) is 6.46. The van der Waals surface area contributed by atoms with E-state index in [9.17, 15) is 0 Å². The average molecular weight is 409 g/mol. The van der Waals surface area contributed by atoms with E-state index < -0.39 is 0 Å². The number of thioether (sulfide) groups is 1. The molecule has 1 heteroatoms. The Bertz CT molecular complexity index is 1140. The lowest BCUT2D eigenvalue weighted by molar-refractivity contribution is 0.778. The van der Waals surface area contributed by atoms with Gasteiger partial charge in [0.2, 0.25) is 0 Å². The van der Waals surface area contributed by atoms with Gasteiger partial charge in [0.25, 0.3) is 0 Å². The standard InChI is InChI=1S/C29H28S/c1-4-5-14-25-27-19-18-26(29(27)21(2)20-28(25)30-3)24-15-10-9-13-23(24)17-16-22-11-7-6-8-12-22/h6-13,15,18,20H,4-5,14,19H2,1-3H3. The minimum atomic E-state index is 1.03. The van der Waals surface area contributed by atoms with Gasteiger partial charge in [-0.3, -0.25) is 0 Å². The van der Waals surface area contributed by atoms with Gasteiger partial charge in [0, 0.05) is 16.0 Å². The normalized spacial score (nSPS) is 12.2. The second-order valence-electron chi connectivity index (χ2n) is 7.81. The smallest absolute Gasteiger partial charge is 0.0327 e. The Morgan fingerprint density at radius 1 is 0.967 bits per heavy atom. The Balaban J connectivity index is 1.78. The van der Waals surface area contributed by atoms with E-state index in [2.05, 4.69) is 80.5 Å². The summed E-state index contributed by atoms with van der Waals surface area (Å²) in [6, 6.07) is 21.2. The van der Waals surface area contributed by atoms with Crippen LogP contribution in [0.4, 0.5) is 0 Å². The van der Waals surface area contributed by atoms with Crippen molar-refractivity contribution in [2.24, 2.45) is 0 Å². The molecule has 1 aliphatic carbocycles. The molecule has 0 spiro atoms. The van der Waals surface area contributed by atoms with Crippen molar-refractivity contribution in [1.29, 1.82) is 0 Å². The lowest BCUT2D eigenvalue weighted by Gasteiger charge is -2.18. The summed E-state index contributed by atoms with van der Waals surface area (Å²) < 4.78 is 0. The van der Waals surface area contributed by atoms with Gasteiger partial charge >= 0.3 is 0 Å². The van der Waals surface area contributed by atoms with Gasteiger partial charge in [-0.1, -0.05) is 67.7 Å². The lowest BCUT2D eigenvalue weighted by atomic mass is 9.89. The molecule has 0 aliphatic heterocycles. The van der Waals surface area contributed by atoms with E-state index in [-0.39, 0.29) is 0 Å². The second kappa shape index (κ2) is 9.41. The molecule has 0 atom stereocenters. The number of unbranched alkanes of at least 4 members (excludes halogenated alkanes) is 1. The van der Waals surface area contributed by atoms with Crippen molar-refractivity contribution in [2.75, 3.05) is 6.26 Å². The van der Waals surface area contributed by atoms with Crippen LogP contribution in [0.25, 0.3) is 5.57 Å². The summed E-state index contributed by atoms with van der Waals surface area (Å²) in [4.78, 5) is 1.45. The van der Waals surface area contributed by atoms with Crippen LogP contribution in [-0.2, 0) is 12.8 Å². The summed E-state index contributed by atoms with van der Waals surface area (Å²) in [5, 5.41) is 0. The molecule has 0 heterocycles. The van der Waals surface area contributed by atoms with E-state index in [0.717, 1.165) is 17.5 Å². The quantitative estimate of drug-likeness (QED) is 0.312. The largest absolute Gasteiger partial charge is 0.129 e. The molecule has 0 fully saturated rings. The third kappa shape index (κ3) is 4.11. The van der Waals surface area contributed by atoms with Crippen molar-refractivity contribution < 1.29 is 0 Å². The second-order valence-corrected chi connectivity index (χ2v) is 8.66. The van der Waals surface area contributed by atoms with Gasteiger partial charge in [0.1, 0.15) is 0 Å². The van der Waals surface area contributed by atoms with Crippen LogP contribution in [-0.4, -0.2) is 6.26 Å². The molecule has 0 radical (unpaired) electrons. The Hall–Kier alpha value is -2.69. The van der Waals surface area contributed by atoms with Crippen LogP contribution in [0.1, 0.15) is 58.7 Å². The highest BCUT2D eigenvalue weighted by Crippen LogP contribution is 2.41. The van der Waals surface area contributed by atoms with Gasteiger partial charge in [-0.2, -0.15) is 0 Å². The van der Waals surface area contributed by atoms with Crippen LogP contribution >= 0.6 is 11.8 Å². The first-order valence-corrected chi connectivity index (χ1v) is 12.0. The van der Waals surface area contributed by atoms with E-state index in [0.29, 0.717) is 0 Å². The minimum absolute atomic E-state index is 1.03. The Morgan fingerprint density at radius 3 is 2.50 bits per heavy atom. The summed E-state index contributed by atoms with van der Waals surface area (Å²) in [6.45, 7) is 4.54. The first kappa shape index (κ1) is 20.6. The number of rotatable bonds is 5. The van der Waals surface area contributed by atoms with E-state index in [4.69, 9.17) is 0 Å². The molecule has 0 unspecified atom stereocenters. The van der Waals surface area contributed by atoms with Crippen molar-refractivity contribution in [1.82, 2.24) is 0 Å². The molecule has 150 valence electrons. The van der Waals surface area contributed by atoms with Crippen molar-refractivity contribution in [3.05, 3.63) is 106 Å². The van der Waals surface area contributed by atoms with Crippen LogP contribution in [0.5, 0.6) is 0 Å². The summed E-state index contributed by atoms with van der Waals surface area (Å²) in [5.74, 6) is 6.77. The van der Waals surface area contributed by atoms with Crippen molar-refractivity contribution in [2.45, 2.75) is 44.4 Å². The topological polar surface area (TPSA) is 0 Å². The van der Waals surface area contributed by atoms with E-state index in [1.165, 1.54) is 52.0 Å². The highest BCUT2D eigenvalue weighted by molar-refractivity contribution is 7.98. The minimum Gasteiger partial charge on any atom is -0.129 e. The maximum Gasteiger partial charge on any atom is 0.0327 e. The molecule has 0 saturated carbocycles. The molecule has 0 bridgehead atoms. The van der Waals surface area contributed by atoms with Gasteiger partial charge in [0.15, 0.2) is 0 Å². The number of benzene rings is 3. The highest BCUT2D eigenvalue weighted by Gasteiger charge is 2.24. The summed E-state index contributed by atoms with van der Waals surface area (Å²) in [6.07, 6.45) is 9.30. The molecule has 1 aliphatic rings. The molecule has 30 heavy (non-hydrogen) atoms. The lowest BCUT2D eigenvalue weighted by Crippen LogP contribution is -2.01. The van der Waals surface area contributed by atoms with Crippen LogP contribution in [0.15, 0.2) is 71.6 Å². The fraction of sp³-hybridized carbons (Fsp3) is 0.241. The number of allylic oxidation sites excluding steroid dienone is 1. The fourth-order valence-corrected chi connectivity index (χ4v) is 5.11. The molecule has 3 aromatic rings. The number of hydrogen-bond donors (Lipinski definition) is 0. The van der Waals surface area contributed by atoms with Gasteiger partial charge in [-0.05, 0) is 90.1 Å². The molecule has 0 saturated heterocycles. The van der Waals surface area contributed by atoms with Crippen LogP contribution < -0.4 is 0 Å². The highest BCUT2D eigenvalue weighted by atomic mass is 32.2. The first-order valence-electron chi connectivity index (χ1n) is 10.8. The number of aryl methyl sites for hydroxylation is 1. The molecule has 4 rings (SSSR count). The maximum atomic E-state index is 3.43. The van der Waals surface area contributed by atoms with Crippen molar-refractivity contribution >= 4 is 17.3 Å². The summed E-state index contributed by atoms with van der Waals surface area (Å²) >= 11 is 1.89. The zero-order valence-electron chi connectivity index (χ0n) is 18.1. The molecule has 3 aromatic carbocycles. The van der Waals surface area contributed by atoms with Crippen LogP contribution in [0, 0.1) is 18.8 Å². The molecule has 0 nitrogen and oxygen atoms in total. The SMILES string of the molecule is CCCCc1c(SC)cc(C)c2c1CC=C2c1ccccc1C#Cc1ccccc1. The first-order chi connectivity index (χ1) is 14.7. The number of hydrogen-bond acceptors (Lipinski definition) is 1. The molecular formula is C29H28S. The van der Waals surface area contributed by atoms with Crippen LogP contribution in [0.2, 0.25) is 0 Å². The molecule has 0 amide bonds. The monoisotopic (exact) mass is 408 g/mol. The summed E-state index contributed by atoms with van der Waals surface area (Å²) in [7, 11) is 0. The van der Waals surface area contributed by atoms with Gasteiger partial charge in [-0.15, -0.1) is 11.8 Å². The van der Waals surface area contributed by atoms with Crippen molar-refractivity contribution in [3.8, 4) is 11.8 Å². The van der Waals surface area contributed by atoms with E-state index >= 15 is 0 Å². The average Bonchev–Trinajstić information content (AvgIpc) is 3.23. The molecular weight excluding hydrogens is 380 g/mol. The number of fused-ring (bicyclic) bond motifs is 1. The summed E-state index contributed by atoms with van der Waals surface area (Å²) in [5.41, 5.74) is 10.7. The van der Waals surface area contributed by atoms with Gasteiger partial charge in [0.05, 0.1) is 0 Å². The maximum absolute atomic E-state index is 3.43. The fourth-order valence-electron chi connectivity index (χ4n) is 4.34. The molecule has 0 aromatic heterocycles. The zero-order valence-corrected chi connectivity index (χ0v) is 18.9. The van der Waals surface area contributed by atoms with E-state index in [1.807, 2.05) is 30.0 Å². The molecule has 0 N–H and O–H groups in total. The Labute approximate surface area is 185 Å². The third-order valence-corrected chi connectivity index (χ3v) is 6.62. The third-order valence-electron chi connectivity index (χ3n) is 5.82. The van der Waals surface area contributed by atoms with Crippen LogP contribution in [0.3, 0.4) is 0 Å². The van der Waals surface area contributed by atoms with E-state index in [1.54, 1.807) is 5.56 Å².